The molecule has 0 heterocycles. The smallest absolute Gasteiger partial charge is 0.325 e. The minimum absolute atomic E-state index is 0.195. The number of unbranched alkanes of at least 4 members (excludes halogenated alkanes) is 2. The zero-order valence-corrected chi connectivity index (χ0v) is 12.9. The first-order valence-corrected chi connectivity index (χ1v) is 7.62. The van der Waals surface area contributed by atoms with Crippen molar-refractivity contribution in [2.45, 2.75) is 64.5 Å². The number of aliphatic carboxylic acids is 1. The van der Waals surface area contributed by atoms with Crippen LogP contribution in [0.15, 0.2) is 0 Å². The van der Waals surface area contributed by atoms with Crippen molar-refractivity contribution in [3.8, 4) is 0 Å². The molecule has 0 saturated heterocycles. The Hall–Kier alpha value is -0.610. The van der Waals surface area contributed by atoms with Crippen LogP contribution >= 0.6 is 0 Å². The van der Waals surface area contributed by atoms with Crippen molar-refractivity contribution in [2.24, 2.45) is 5.92 Å². The molecule has 0 aromatic carbocycles. The topological polar surface area (TPSA) is 52.6 Å². The van der Waals surface area contributed by atoms with Crippen molar-refractivity contribution >= 4 is 5.97 Å². The van der Waals surface area contributed by atoms with Gasteiger partial charge in [-0.25, -0.2) is 0 Å². The molecular weight excluding hydrogens is 240 g/mol. The van der Waals surface area contributed by atoms with Gasteiger partial charge in [0.2, 0.25) is 0 Å². The first-order valence-electron chi connectivity index (χ1n) is 7.62. The van der Waals surface area contributed by atoms with Crippen molar-refractivity contribution in [2.75, 3.05) is 20.1 Å². The lowest BCUT2D eigenvalue weighted by molar-refractivity contribution is -0.147. The van der Waals surface area contributed by atoms with Gasteiger partial charge in [-0.2, -0.15) is 0 Å². The van der Waals surface area contributed by atoms with Gasteiger partial charge in [0.05, 0.1) is 0 Å². The lowest BCUT2D eigenvalue weighted by atomic mass is 9.91. The number of rotatable bonds is 10. The lowest BCUT2D eigenvalue weighted by Crippen LogP contribution is -2.62. The SMILES string of the molecule is CCCCCN(C)CC(NC(C)C)(C(=O)O)C1CC1. The molecular formula is C15H30N2O2. The molecule has 1 aliphatic carbocycles. The highest BCUT2D eigenvalue weighted by molar-refractivity contribution is 5.80. The van der Waals surface area contributed by atoms with E-state index < -0.39 is 11.5 Å². The van der Waals surface area contributed by atoms with Gasteiger partial charge in [0.25, 0.3) is 0 Å². The van der Waals surface area contributed by atoms with E-state index in [0.29, 0.717) is 12.5 Å². The van der Waals surface area contributed by atoms with Crippen LogP contribution in [0.1, 0.15) is 52.9 Å². The van der Waals surface area contributed by atoms with E-state index in [9.17, 15) is 9.90 Å². The molecule has 0 aliphatic heterocycles. The molecule has 1 unspecified atom stereocenters. The second-order valence-corrected chi connectivity index (χ2v) is 6.29. The van der Waals surface area contributed by atoms with Gasteiger partial charge >= 0.3 is 5.97 Å². The standard InChI is InChI=1S/C15H30N2O2/c1-5-6-7-10-17(4)11-15(14(18)19,13-8-9-13)16-12(2)3/h12-13,16H,5-11H2,1-4H3,(H,18,19). The minimum Gasteiger partial charge on any atom is -0.480 e. The number of likely N-dealkylation sites (N-methyl/N-ethyl adjacent to an activating group) is 1. The van der Waals surface area contributed by atoms with Crippen LogP contribution < -0.4 is 5.32 Å². The molecule has 0 aromatic heterocycles. The Morgan fingerprint density at radius 2 is 2.05 bits per heavy atom. The van der Waals surface area contributed by atoms with Crippen LogP contribution in [0.2, 0.25) is 0 Å². The Kier molecular flexibility index (Phi) is 6.27. The summed E-state index contributed by atoms with van der Waals surface area (Å²) >= 11 is 0. The molecule has 112 valence electrons. The van der Waals surface area contributed by atoms with E-state index in [4.69, 9.17) is 0 Å². The van der Waals surface area contributed by atoms with Gasteiger partial charge in [-0.3, -0.25) is 10.1 Å². The number of nitrogens with one attached hydrogen (secondary N) is 1. The fourth-order valence-corrected chi connectivity index (χ4v) is 2.82. The maximum Gasteiger partial charge on any atom is 0.325 e. The average Bonchev–Trinajstić information content (AvgIpc) is 3.11. The van der Waals surface area contributed by atoms with Gasteiger partial charge < -0.3 is 10.0 Å². The fourth-order valence-electron chi connectivity index (χ4n) is 2.82. The normalized spacial score (nSPS) is 18.8. The fraction of sp³-hybridized carbons (Fsp3) is 0.933. The Morgan fingerprint density at radius 1 is 1.42 bits per heavy atom. The summed E-state index contributed by atoms with van der Waals surface area (Å²) in [5.74, 6) is -0.396. The molecule has 0 bridgehead atoms. The lowest BCUT2D eigenvalue weighted by Gasteiger charge is -2.36. The second kappa shape index (κ2) is 7.25. The van der Waals surface area contributed by atoms with Crippen molar-refractivity contribution in [3.63, 3.8) is 0 Å². The Morgan fingerprint density at radius 3 is 2.47 bits per heavy atom. The van der Waals surface area contributed by atoms with E-state index in [1.807, 2.05) is 20.9 Å². The molecule has 1 atom stereocenters. The minimum atomic E-state index is -0.755. The molecule has 2 N–H and O–H groups in total. The molecule has 0 amide bonds. The van der Waals surface area contributed by atoms with Crippen LogP contribution in [-0.4, -0.2) is 47.7 Å². The van der Waals surface area contributed by atoms with E-state index in [-0.39, 0.29) is 6.04 Å². The zero-order chi connectivity index (χ0) is 14.5. The second-order valence-electron chi connectivity index (χ2n) is 6.29. The summed E-state index contributed by atoms with van der Waals surface area (Å²) in [4.78, 5) is 14.0. The van der Waals surface area contributed by atoms with Crippen LogP contribution in [0, 0.1) is 5.92 Å². The highest BCUT2D eigenvalue weighted by Crippen LogP contribution is 2.40. The number of hydrogen-bond donors (Lipinski definition) is 2. The molecule has 19 heavy (non-hydrogen) atoms. The van der Waals surface area contributed by atoms with Gasteiger partial charge in [0.15, 0.2) is 0 Å². The van der Waals surface area contributed by atoms with Crippen molar-refractivity contribution < 1.29 is 9.90 Å². The van der Waals surface area contributed by atoms with Gasteiger partial charge in [-0.05, 0) is 52.6 Å². The van der Waals surface area contributed by atoms with Gasteiger partial charge in [0, 0.05) is 12.6 Å². The number of carbonyl (C=O) groups is 1. The van der Waals surface area contributed by atoms with E-state index in [0.717, 1.165) is 25.8 Å². The molecule has 1 fully saturated rings. The van der Waals surface area contributed by atoms with Crippen LogP contribution in [0.5, 0.6) is 0 Å². The van der Waals surface area contributed by atoms with E-state index in [2.05, 4.69) is 17.1 Å². The van der Waals surface area contributed by atoms with Gasteiger partial charge in [-0.15, -0.1) is 0 Å². The highest BCUT2D eigenvalue weighted by Gasteiger charge is 2.51. The van der Waals surface area contributed by atoms with Crippen LogP contribution in [-0.2, 0) is 4.79 Å². The monoisotopic (exact) mass is 270 g/mol. The summed E-state index contributed by atoms with van der Waals surface area (Å²) < 4.78 is 0. The predicted molar refractivity (Wildman–Crippen MR) is 78.4 cm³/mol. The summed E-state index contributed by atoms with van der Waals surface area (Å²) in [7, 11) is 2.04. The molecule has 1 saturated carbocycles. The maximum atomic E-state index is 11.8. The number of nitrogens with zero attached hydrogens (tertiary/aromatic N) is 1. The predicted octanol–water partition coefficient (Wildman–Crippen LogP) is 2.34. The van der Waals surface area contributed by atoms with Gasteiger partial charge in [0.1, 0.15) is 5.54 Å². The molecule has 4 heteroatoms. The Balaban J connectivity index is 2.64. The van der Waals surface area contributed by atoms with Gasteiger partial charge in [-0.1, -0.05) is 19.8 Å². The molecule has 1 rings (SSSR count). The van der Waals surface area contributed by atoms with E-state index >= 15 is 0 Å². The maximum absolute atomic E-state index is 11.8. The third-order valence-electron chi connectivity index (χ3n) is 3.86. The van der Waals surface area contributed by atoms with Crippen molar-refractivity contribution in [1.82, 2.24) is 10.2 Å². The molecule has 0 spiro atoms. The molecule has 4 nitrogen and oxygen atoms in total. The molecule has 0 aromatic rings. The zero-order valence-electron chi connectivity index (χ0n) is 12.9. The summed E-state index contributed by atoms with van der Waals surface area (Å²) in [6, 6.07) is 0.195. The van der Waals surface area contributed by atoms with E-state index in [1.54, 1.807) is 0 Å². The quantitative estimate of drug-likeness (QED) is 0.598. The Labute approximate surface area is 117 Å². The van der Waals surface area contributed by atoms with Crippen molar-refractivity contribution in [1.29, 1.82) is 0 Å². The highest BCUT2D eigenvalue weighted by atomic mass is 16.4. The average molecular weight is 270 g/mol. The number of carboxylic acid groups (broad SMARTS) is 1. The summed E-state index contributed by atoms with van der Waals surface area (Å²) in [5.41, 5.74) is -0.755. The first-order chi connectivity index (χ1) is 8.92. The largest absolute Gasteiger partial charge is 0.480 e. The number of hydrogen-bond acceptors (Lipinski definition) is 3. The summed E-state index contributed by atoms with van der Waals surface area (Å²) in [5, 5.41) is 13.0. The summed E-state index contributed by atoms with van der Waals surface area (Å²) in [6.07, 6.45) is 5.63. The van der Waals surface area contributed by atoms with Crippen LogP contribution in [0.4, 0.5) is 0 Å². The Bertz CT molecular complexity index is 290. The number of carboxylic acids is 1. The van der Waals surface area contributed by atoms with E-state index in [1.165, 1.54) is 12.8 Å². The molecule has 0 radical (unpaired) electrons. The first kappa shape index (κ1) is 16.4. The molecule has 1 aliphatic rings. The van der Waals surface area contributed by atoms with Crippen molar-refractivity contribution in [3.05, 3.63) is 0 Å². The third kappa shape index (κ3) is 4.77. The van der Waals surface area contributed by atoms with Crippen LogP contribution in [0.3, 0.4) is 0 Å². The summed E-state index contributed by atoms with van der Waals surface area (Å²) in [6.45, 7) is 7.82. The third-order valence-corrected chi connectivity index (χ3v) is 3.86. The van der Waals surface area contributed by atoms with Crippen LogP contribution in [0.25, 0.3) is 0 Å².